The third kappa shape index (κ3) is 2.82. The first-order chi connectivity index (χ1) is 9.63. The molecule has 0 heterocycles. The molecule has 0 aliphatic rings. The van der Waals surface area contributed by atoms with E-state index in [0.717, 1.165) is 6.07 Å². The van der Waals surface area contributed by atoms with Gasteiger partial charge in [-0.2, -0.15) is 5.26 Å². The fourth-order valence-electron chi connectivity index (χ4n) is 1.76. The average Bonchev–Trinajstić information content (AvgIpc) is 2.47. The van der Waals surface area contributed by atoms with E-state index in [9.17, 15) is 9.18 Å². The predicted molar refractivity (Wildman–Crippen MR) is 73.1 cm³/mol. The van der Waals surface area contributed by atoms with E-state index < -0.39 is 17.8 Å². The summed E-state index contributed by atoms with van der Waals surface area (Å²) in [6.07, 6.45) is 0. The Labute approximate surface area is 115 Å². The Balaban J connectivity index is 2.21. The molecular formula is C15H12FN3O. The number of hydrogen-bond donors (Lipinski definition) is 2. The van der Waals surface area contributed by atoms with E-state index in [-0.39, 0.29) is 11.3 Å². The van der Waals surface area contributed by atoms with Crippen LogP contribution in [-0.2, 0) is 4.79 Å². The first-order valence-electron chi connectivity index (χ1n) is 5.93. The first-order valence-corrected chi connectivity index (χ1v) is 5.93. The Bertz CT molecular complexity index is 665. The van der Waals surface area contributed by atoms with Gasteiger partial charge in [0.2, 0.25) is 5.91 Å². The molecule has 0 aliphatic heterocycles. The number of carbonyl (C=O) groups excluding carboxylic acids is 1. The summed E-state index contributed by atoms with van der Waals surface area (Å²) in [7, 11) is 0. The number of halogens is 1. The lowest BCUT2D eigenvalue weighted by atomic mass is 10.1. The third-order valence-corrected chi connectivity index (χ3v) is 2.82. The second-order valence-electron chi connectivity index (χ2n) is 4.15. The fraction of sp³-hybridized carbons (Fsp3) is 0.0667. The van der Waals surface area contributed by atoms with E-state index in [2.05, 4.69) is 5.32 Å². The largest absolute Gasteiger partial charge is 0.323 e. The fourth-order valence-corrected chi connectivity index (χ4v) is 1.76. The Morgan fingerprint density at radius 1 is 1.20 bits per heavy atom. The Morgan fingerprint density at radius 2 is 1.90 bits per heavy atom. The average molecular weight is 269 g/mol. The van der Waals surface area contributed by atoms with Gasteiger partial charge < -0.3 is 11.1 Å². The second kappa shape index (κ2) is 5.95. The van der Waals surface area contributed by atoms with Crippen molar-refractivity contribution in [3.05, 3.63) is 65.5 Å². The van der Waals surface area contributed by atoms with E-state index in [4.69, 9.17) is 11.0 Å². The summed E-state index contributed by atoms with van der Waals surface area (Å²) in [4.78, 5) is 12.0. The highest BCUT2D eigenvalue weighted by atomic mass is 19.1. The van der Waals surface area contributed by atoms with Gasteiger partial charge in [-0.3, -0.25) is 4.79 Å². The Hall–Kier alpha value is -2.71. The molecule has 0 unspecified atom stereocenters. The number of nitrogens with two attached hydrogens (primary N) is 1. The number of hydrogen-bond acceptors (Lipinski definition) is 3. The van der Waals surface area contributed by atoms with E-state index in [1.54, 1.807) is 30.3 Å². The van der Waals surface area contributed by atoms with Gasteiger partial charge in [0.1, 0.15) is 23.5 Å². The first kappa shape index (κ1) is 13.7. The molecule has 0 spiro atoms. The Morgan fingerprint density at radius 3 is 2.55 bits per heavy atom. The van der Waals surface area contributed by atoms with Gasteiger partial charge in [0, 0.05) is 0 Å². The van der Waals surface area contributed by atoms with Gasteiger partial charge >= 0.3 is 0 Å². The zero-order valence-electron chi connectivity index (χ0n) is 10.5. The molecule has 1 amide bonds. The van der Waals surface area contributed by atoms with Gasteiger partial charge in [0.05, 0.1) is 5.69 Å². The molecule has 2 aromatic rings. The molecule has 100 valence electrons. The zero-order chi connectivity index (χ0) is 14.5. The minimum absolute atomic E-state index is 0.115. The SMILES string of the molecule is N#Cc1c(F)cccc1NC(=O)[C@H](N)c1ccccc1. The summed E-state index contributed by atoms with van der Waals surface area (Å²) >= 11 is 0. The summed E-state index contributed by atoms with van der Waals surface area (Å²) in [5, 5.41) is 11.4. The molecule has 0 aromatic heterocycles. The van der Waals surface area contributed by atoms with Crippen molar-refractivity contribution in [1.82, 2.24) is 0 Å². The van der Waals surface area contributed by atoms with Crippen LogP contribution in [-0.4, -0.2) is 5.91 Å². The van der Waals surface area contributed by atoms with E-state index in [1.165, 1.54) is 12.1 Å². The molecule has 0 radical (unpaired) electrons. The van der Waals surface area contributed by atoms with Crippen molar-refractivity contribution in [2.24, 2.45) is 5.73 Å². The highest BCUT2D eigenvalue weighted by Gasteiger charge is 2.17. The molecule has 2 aromatic carbocycles. The van der Waals surface area contributed by atoms with Crippen molar-refractivity contribution < 1.29 is 9.18 Å². The van der Waals surface area contributed by atoms with Crippen LogP contribution in [0.15, 0.2) is 48.5 Å². The van der Waals surface area contributed by atoms with Crippen molar-refractivity contribution in [3.63, 3.8) is 0 Å². The molecule has 4 nitrogen and oxygen atoms in total. The van der Waals surface area contributed by atoms with Gasteiger partial charge in [-0.1, -0.05) is 36.4 Å². The molecule has 0 saturated heterocycles. The smallest absolute Gasteiger partial charge is 0.245 e. The molecule has 20 heavy (non-hydrogen) atoms. The maximum Gasteiger partial charge on any atom is 0.245 e. The summed E-state index contributed by atoms with van der Waals surface area (Å²) in [6.45, 7) is 0. The lowest BCUT2D eigenvalue weighted by molar-refractivity contribution is -0.117. The number of rotatable bonds is 3. The maximum atomic E-state index is 13.4. The van der Waals surface area contributed by atoms with Crippen molar-refractivity contribution >= 4 is 11.6 Å². The number of carbonyl (C=O) groups is 1. The number of benzene rings is 2. The maximum absolute atomic E-state index is 13.4. The molecule has 3 N–H and O–H groups in total. The lowest BCUT2D eigenvalue weighted by Gasteiger charge is -2.13. The number of anilines is 1. The zero-order valence-corrected chi connectivity index (χ0v) is 10.5. The van der Waals surface area contributed by atoms with Gasteiger partial charge in [-0.05, 0) is 17.7 Å². The topological polar surface area (TPSA) is 78.9 Å². The van der Waals surface area contributed by atoms with E-state index in [0.29, 0.717) is 5.56 Å². The minimum atomic E-state index is -0.883. The lowest BCUT2D eigenvalue weighted by Crippen LogP contribution is -2.28. The van der Waals surface area contributed by atoms with Crippen LogP contribution >= 0.6 is 0 Å². The number of amides is 1. The molecule has 0 aliphatic carbocycles. The molecule has 0 bridgehead atoms. The van der Waals surface area contributed by atoms with Crippen molar-refractivity contribution in [2.75, 3.05) is 5.32 Å². The standard InChI is InChI=1S/C15H12FN3O/c16-12-7-4-8-13(11(12)9-17)19-15(20)14(18)10-5-2-1-3-6-10/h1-8,14H,18H2,(H,19,20)/t14-/m1/s1. The van der Waals surface area contributed by atoms with Crippen LogP contribution in [0.25, 0.3) is 0 Å². The Kier molecular flexibility index (Phi) is 4.08. The van der Waals surface area contributed by atoms with Crippen molar-refractivity contribution in [1.29, 1.82) is 5.26 Å². The van der Waals surface area contributed by atoms with Crippen LogP contribution in [0, 0.1) is 17.1 Å². The molecule has 0 fully saturated rings. The van der Waals surface area contributed by atoms with Gasteiger partial charge in [0.25, 0.3) is 0 Å². The molecule has 2 rings (SSSR count). The predicted octanol–water partition coefficient (Wildman–Crippen LogP) is 2.34. The molecular weight excluding hydrogens is 257 g/mol. The summed E-state index contributed by atoms with van der Waals surface area (Å²) in [5.41, 5.74) is 6.37. The van der Waals surface area contributed by atoms with Crippen LogP contribution < -0.4 is 11.1 Å². The highest BCUT2D eigenvalue weighted by Crippen LogP contribution is 2.19. The van der Waals surface area contributed by atoms with Gasteiger partial charge in [0.15, 0.2) is 0 Å². The van der Waals surface area contributed by atoms with Crippen molar-refractivity contribution in [3.8, 4) is 6.07 Å². The van der Waals surface area contributed by atoms with Crippen LogP contribution in [0.1, 0.15) is 17.2 Å². The number of nitriles is 1. The summed E-state index contributed by atoms with van der Waals surface area (Å²) in [6, 6.07) is 13.7. The molecule has 5 heteroatoms. The van der Waals surface area contributed by atoms with Crippen LogP contribution in [0.4, 0.5) is 10.1 Å². The van der Waals surface area contributed by atoms with Gasteiger partial charge in [-0.15, -0.1) is 0 Å². The number of nitrogens with one attached hydrogen (secondary N) is 1. The van der Waals surface area contributed by atoms with Crippen LogP contribution in [0.3, 0.4) is 0 Å². The molecule has 1 atom stereocenters. The second-order valence-corrected chi connectivity index (χ2v) is 4.15. The monoisotopic (exact) mass is 269 g/mol. The van der Waals surface area contributed by atoms with Crippen LogP contribution in [0.2, 0.25) is 0 Å². The van der Waals surface area contributed by atoms with E-state index >= 15 is 0 Å². The normalized spacial score (nSPS) is 11.4. The third-order valence-electron chi connectivity index (χ3n) is 2.82. The number of nitrogens with zero attached hydrogens (tertiary/aromatic N) is 1. The molecule has 0 saturated carbocycles. The summed E-state index contributed by atoms with van der Waals surface area (Å²) in [5.74, 6) is -1.18. The minimum Gasteiger partial charge on any atom is -0.323 e. The van der Waals surface area contributed by atoms with Gasteiger partial charge in [-0.25, -0.2) is 4.39 Å². The van der Waals surface area contributed by atoms with Crippen LogP contribution in [0.5, 0.6) is 0 Å². The quantitative estimate of drug-likeness (QED) is 0.897. The summed E-state index contributed by atoms with van der Waals surface area (Å²) < 4.78 is 13.4. The van der Waals surface area contributed by atoms with Crippen molar-refractivity contribution in [2.45, 2.75) is 6.04 Å². The van der Waals surface area contributed by atoms with E-state index in [1.807, 2.05) is 6.07 Å². The highest BCUT2D eigenvalue weighted by molar-refractivity contribution is 5.96.